The number of nitrogens with one attached hydrogen (secondary N) is 2. The van der Waals surface area contributed by atoms with Crippen LogP contribution in [-0.2, 0) is 9.59 Å². The molecule has 0 aromatic carbocycles. The number of rotatable bonds is 5. The standard InChI is InChI=1S/C8H17NO3.C8H17NO/c1-8(2,3)7(12)9-6(4-10)5-11;1-5-6-9-7(10)8(2,3)4/h6,10-11H,4-5H2,1-3H3,(H,9,12);5-6H2,1-4H3,(H,9,10). The van der Waals surface area contributed by atoms with Gasteiger partial charge in [-0.15, -0.1) is 0 Å². The highest BCUT2D eigenvalue weighted by Gasteiger charge is 2.23. The van der Waals surface area contributed by atoms with E-state index in [0.29, 0.717) is 0 Å². The van der Waals surface area contributed by atoms with Crippen LogP contribution in [-0.4, -0.2) is 47.8 Å². The fourth-order valence-corrected chi connectivity index (χ4v) is 1.05. The van der Waals surface area contributed by atoms with Gasteiger partial charge in [0.2, 0.25) is 11.8 Å². The molecular formula is C16H34N2O4. The molecular weight excluding hydrogens is 284 g/mol. The summed E-state index contributed by atoms with van der Waals surface area (Å²) >= 11 is 0. The number of carbonyl (C=O) groups excluding carboxylic acids is 2. The van der Waals surface area contributed by atoms with Gasteiger partial charge in [-0.2, -0.15) is 0 Å². The highest BCUT2D eigenvalue weighted by Crippen LogP contribution is 2.12. The van der Waals surface area contributed by atoms with E-state index in [1.165, 1.54) is 0 Å². The predicted molar refractivity (Wildman–Crippen MR) is 88.3 cm³/mol. The second kappa shape index (κ2) is 10.6. The molecule has 0 aromatic rings. The van der Waals surface area contributed by atoms with Gasteiger partial charge >= 0.3 is 0 Å². The summed E-state index contributed by atoms with van der Waals surface area (Å²) < 4.78 is 0. The summed E-state index contributed by atoms with van der Waals surface area (Å²) in [5.41, 5.74) is -0.724. The molecule has 6 nitrogen and oxygen atoms in total. The predicted octanol–water partition coefficient (Wildman–Crippen LogP) is 1.06. The van der Waals surface area contributed by atoms with Crippen molar-refractivity contribution in [3.63, 3.8) is 0 Å². The van der Waals surface area contributed by atoms with Gasteiger partial charge in [-0.05, 0) is 6.42 Å². The van der Waals surface area contributed by atoms with Gasteiger partial charge in [0.25, 0.3) is 0 Å². The molecule has 0 saturated heterocycles. The Morgan fingerprint density at radius 1 is 0.909 bits per heavy atom. The zero-order valence-electron chi connectivity index (χ0n) is 15.1. The second-order valence-electron chi connectivity index (χ2n) is 7.29. The first-order valence-electron chi connectivity index (χ1n) is 7.71. The lowest BCUT2D eigenvalue weighted by atomic mass is 9.95. The minimum Gasteiger partial charge on any atom is -0.394 e. The molecule has 0 aromatic heterocycles. The van der Waals surface area contributed by atoms with Gasteiger partial charge in [0.1, 0.15) is 0 Å². The van der Waals surface area contributed by atoms with Crippen molar-refractivity contribution in [2.45, 2.75) is 60.9 Å². The van der Waals surface area contributed by atoms with Crippen LogP contribution in [0.1, 0.15) is 54.9 Å². The van der Waals surface area contributed by atoms with Gasteiger partial charge in [-0.1, -0.05) is 48.5 Å². The molecule has 0 aliphatic carbocycles. The minimum absolute atomic E-state index is 0.134. The van der Waals surface area contributed by atoms with Crippen LogP contribution in [0.3, 0.4) is 0 Å². The van der Waals surface area contributed by atoms with Gasteiger partial charge in [0.05, 0.1) is 19.3 Å². The monoisotopic (exact) mass is 318 g/mol. The highest BCUT2D eigenvalue weighted by atomic mass is 16.3. The molecule has 0 aliphatic rings. The van der Waals surface area contributed by atoms with Crippen LogP contribution >= 0.6 is 0 Å². The first kappa shape index (κ1) is 23.1. The molecule has 0 aliphatic heterocycles. The molecule has 4 N–H and O–H groups in total. The maximum atomic E-state index is 11.3. The van der Waals surface area contributed by atoms with Crippen LogP contribution in [0.15, 0.2) is 0 Å². The summed E-state index contributed by atoms with van der Waals surface area (Å²) in [6, 6.07) is -0.545. The van der Waals surface area contributed by atoms with E-state index in [1.54, 1.807) is 20.8 Å². The Balaban J connectivity index is 0. The van der Waals surface area contributed by atoms with E-state index in [9.17, 15) is 9.59 Å². The molecule has 132 valence electrons. The van der Waals surface area contributed by atoms with Crippen LogP contribution in [0.4, 0.5) is 0 Å². The van der Waals surface area contributed by atoms with Gasteiger partial charge in [-0.25, -0.2) is 0 Å². The molecule has 0 spiro atoms. The van der Waals surface area contributed by atoms with Crippen LogP contribution < -0.4 is 10.6 Å². The average Bonchev–Trinajstić information content (AvgIpc) is 2.40. The number of carbonyl (C=O) groups is 2. The minimum atomic E-state index is -0.545. The van der Waals surface area contributed by atoms with Crippen molar-refractivity contribution in [2.75, 3.05) is 19.8 Å². The lowest BCUT2D eigenvalue weighted by Crippen LogP contribution is -2.45. The maximum absolute atomic E-state index is 11.3. The smallest absolute Gasteiger partial charge is 0.225 e. The lowest BCUT2D eigenvalue weighted by molar-refractivity contribution is -0.130. The fraction of sp³-hybridized carbons (Fsp3) is 0.875. The van der Waals surface area contributed by atoms with Crippen molar-refractivity contribution < 1.29 is 19.8 Å². The van der Waals surface area contributed by atoms with Crippen LogP contribution in [0.2, 0.25) is 0 Å². The Morgan fingerprint density at radius 2 is 1.32 bits per heavy atom. The quantitative estimate of drug-likeness (QED) is 0.609. The summed E-state index contributed by atoms with van der Waals surface area (Å²) in [7, 11) is 0. The molecule has 0 radical (unpaired) electrons. The number of aliphatic hydroxyl groups is 2. The summed E-state index contributed by atoms with van der Waals surface area (Å²) in [5, 5.41) is 22.7. The van der Waals surface area contributed by atoms with Crippen molar-refractivity contribution in [2.24, 2.45) is 10.8 Å². The summed E-state index contributed by atoms with van der Waals surface area (Å²) in [6.45, 7) is 13.4. The van der Waals surface area contributed by atoms with E-state index in [4.69, 9.17) is 10.2 Å². The molecule has 0 bridgehead atoms. The average molecular weight is 318 g/mol. The zero-order chi connectivity index (χ0) is 18.0. The van der Waals surface area contributed by atoms with E-state index >= 15 is 0 Å². The molecule has 0 saturated carbocycles. The molecule has 6 heteroatoms. The van der Waals surface area contributed by atoms with Gasteiger partial charge in [0, 0.05) is 17.4 Å². The SMILES string of the molecule is CC(C)(C)C(=O)NC(CO)CO.CCCNC(=O)C(C)(C)C. The molecule has 0 unspecified atom stereocenters. The zero-order valence-corrected chi connectivity index (χ0v) is 15.1. The summed E-state index contributed by atoms with van der Waals surface area (Å²) in [6.07, 6.45) is 1.00. The Bertz CT molecular complexity index is 326. The summed E-state index contributed by atoms with van der Waals surface area (Å²) in [5.74, 6) is -0.0371. The Kier molecular flexibility index (Phi) is 11.1. The van der Waals surface area contributed by atoms with E-state index in [2.05, 4.69) is 10.6 Å². The number of hydrogen-bond donors (Lipinski definition) is 4. The Hall–Kier alpha value is -1.14. The van der Waals surface area contributed by atoms with Crippen LogP contribution in [0.5, 0.6) is 0 Å². The van der Waals surface area contributed by atoms with E-state index in [0.717, 1.165) is 13.0 Å². The molecule has 2 amide bonds. The highest BCUT2D eigenvalue weighted by molar-refractivity contribution is 5.81. The van der Waals surface area contributed by atoms with Crippen molar-refractivity contribution in [1.82, 2.24) is 10.6 Å². The number of aliphatic hydroxyl groups excluding tert-OH is 2. The van der Waals surface area contributed by atoms with Crippen molar-refractivity contribution in [1.29, 1.82) is 0 Å². The Morgan fingerprint density at radius 3 is 1.59 bits per heavy atom. The van der Waals surface area contributed by atoms with E-state index in [1.807, 2.05) is 27.7 Å². The third kappa shape index (κ3) is 11.5. The van der Waals surface area contributed by atoms with Crippen LogP contribution in [0, 0.1) is 10.8 Å². The van der Waals surface area contributed by atoms with Gasteiger partial charge in [0.15, 0.2) is 0 Å². The third-order valence-corrected chi connectivity index (χ3v) is 2.67. The maximum Gasteiger partial charge on any atom is 0.225 e. The first-order chi connectivity index (χ1) is 9.89. The molecule has 0 atom stereocenters. The third-order valence-electron chi connectivity index (χ3n) is 2.67. The van der Waals surface area contributed by atoms with E-state index in [-0.39, 0.29) is 30.4 Å². The lowest BCUT2D eigenvalue weighted by Gasteiger charge is -2.21. The van der Waals surface area contributed by atoms with Crippen molar-refractivity contribution in [3.8, 4) is 0 Å². The molecule has 0 rings (SSSR count). The normalized spacial score (nSPS) is 11.5. The topological polar surface area (TPSA) is 98.7 Å². The van der Waals surface area contributed by atoms with Gasteiger partial charge < -0.3 is 20.8 Å². The largest absolute Gasteiger partial charge is 0.394 e. The fourth-order valence-electron chi connectivity index (χ4n) is 1.05. The Labute approximate surface area is 134 Å². The van der Waals surface area contributed by atoms with E-state index < -0.39 is 11.5 Å². The molecule has 22 heavy (non-hydrogen) atoms. The number of hydrogen-bond acceptors (Lipinski definition) is 4. The summed E-state index contributed by atoms with van der Waals surface area (Å²) in [4.78, 5) is 22.4. The van der Waals surface area contributed by atoms with Crippen LogP contribution in [0.25, 0.3) is 0 Å². The van der Waals surface area contributed by atoms with Gasteiger partial charge in [-0.3, -0.25) is 9.59 Å². The molecule has 0 heterocycles. The second-order valence-corrected chi connectivity index (χ2v) is 7.29. The van der Waals surface area contributed by atoms with Crippen molar-refractivity contribution >= 4 is 11.8 Å². The number of amides is 2. The first-order valence-corrected chi connectivity index (χ1v) is 7.71. The van der Waals surface area contributed by atoms with Crippen molar-refractivity contribution in [3.05, 3.63) is 0 Å². The molecule has 0 fully saturated rings.